The Hall–Kier alpha value is -1.02. The predicted octanol–water partition coefficient (Wildman–Crippen LogP) is 1.34. The molecule has 6 nitrogen and oxygen atoms in total. The average molecular weight is 288 g/mol. The summed E-state index contributed by atoms with van der Waals surface area (Å²) < 4.78 is 15.1. The molecule has 0 saturated carbocycles. The van der Waals surface area contributed by atoms with Crippen LogP contribution in [0.5, 0.6) is 0 Å². The Morgan fingerprint density at radius 3 is 3.00 bits per heavy atom. The molecule has 1 N–H and O–H groups in total. The smallest absolute Gasteiger partial charge is 0.0974 e. The Labute approximate surface area is 114 Å². The summed E-state index contributed by atoms with van der Waals surface area (Å²) in [7, 11) is 3.51. The molecule has 0 fully saturated rings. The van der Waals surface area contributed by atoms with Crippen molar-refractivity contribution in [3.8, 4) is 0 Å². The number of hydrogen-bond donors (Lipinski definition) is 1. The Bertz CT molecular complexity index is 486. The van der Waals surface area contributed by atoms with Crippen molar-refractivity contribution in [2.24, 2.45) is 0 Å². The fourth-order valence-electron chi connectivity index (χ4n) is 1.74. The molecule has 18 heavy (non-hydrogen) atoms. The summed E-state index contributed by atoms with van der Waals surface area (Å²) in [5.41, 5.74) is 1.72. The van der Waals surface area contributed by atoms with Crippen molar-refractivity contribution in [3.63, 3.8) is 0 Å². The van der Waals surface area contributed by atoms with Crippen LogP contribution in [0.3, 0.4) is 0 Å². The van der Waals surface area contributed by atoms with E-state index in [-0.39, 0.29) is 6.04 Å². The Balaban J connectivity index is 2.32. The fourth-order valence-corrected chi connectivity index (χ4v) is 2.44. The lowest BCUT2D eigenvalue weighted by atomic mass is 10.1. The summed E-state index contributed by atoms with van der Waals surface area (Å²) in [6.45, 7) is 1.23. The van der Waals surface area contributed by atoms with Crippen molar-refractivity contribution in [3.05, 3.63) is 28.8 Å². The molecule has 2 aromatic rings. The molecule has 0 aliphatic rings. The van der Waals surface area contributed by atoms with Crippen molar-refractivity contribution in [2.75, 3.05) is 20.8 Å². The molecule has 0 aromatic carbocycles. The summed E-state index contributed by atoms with van der Waals surface area (Å²) in [4.78, 5) is 0. The number of hydrogen-bond acceptors (Lipinski definition) is 6. The zero-order valence-corrected chi connectivity index (χ0v) is 11.7. The van der Waals surface area contributed by atoms with Gasteiger partial charge in [0.15, 0.2) is 0 Å². The lowest BCUT2D eigenvalue weighted by molar-refractivity contribution is 0.182. The molecule has 0 aliphatic carbocycles. The van der Waals surface area contributed by atoms with Crippen molar-refractivity contribution < 1.29 is 4.74 Å². The first-order valence-electron chi connectivity index (χ1n) is 5.42. The number of nitrogens with one attached hydrogen (secondary N) is 1. The minimum atomic E-state index is -0.115. The van der Waals surface area contributed by atoms with E-state index >= 15 is 0 Å². The lowest BCUT2D eigenvalue weighted by Crippen LogP contribution is -2.23. The third-order valence-corrected chi connectivity index (χ3v) is 3.36. The van der Waals surface area contributed by atoms with Crippen LogP contribution in [-0.4, -0.2) is 39.3 Å². The van der Waals surface area contributed by atoms with E-state index in [4.69, 9.17) is 16.3 Å². The Kier molecular flexibility index (Phi) is 4.65. The molecule has 1 unspecified atom stereocenters. The third kappa shape index (κ3) is 2.69. The fraction of sp³-hybridized carbons (Fsp3) is 0.500. The van der Waals surface area contributed by atoms with Gasteiger partial charge in [0.1, 0.15) is 0 Å². The SMILES string of the molecule is CNC(c1cnsn1)c1c(Cl)cnn1CCOC. The lowest BCUT2D eigenvalue weighted by Gasteiger charge is -2.16. The number of aromatic nitrogens is 4. The highest BCUT2D eigenvalue weighted by Gasteiger charge is 2.22. The first-order chi connectivity index (χ1) is 8.77. The molecule has 0 radical (unpaired) electrons. The molecule has 0 saturated heterocycles. The maximum absolute atomic E-state index is 6.21. The zero-order valence-electron chi connectivity index (χ0n) is 10.1. The number of methoxy groups -OCH3 is 1. The normalized spacial score (nSPS) is 12.8. The van der Waals surface area contributed by atoms with Crippen LogP contribution in [0.2, 0.25) is 5.02 Å². The number of rotatable bonds is 6. The van der Waals surface area contributed by atoms with Gasteiger partial charge < -0.3 is 10.1 Å². The maximum Gasteiger partial charge on any atom is 0.0974 e. The first-order valence-corrected chi connectivity index (χ1v) is 6.53. The van der Waals surface area contributed by atoms with E-state index in [2.05, 4.69) is 19.2 Å². The standard InChI is InChI=1S/C10H14ClN5OS/c1-12-9(8-6-14-18-15-8)10-7(11)5-13-16(10)3-4-17-2/h5-6,9,12H,3-4H2,1-2H3. The van der Waals surface area contributed by atoms with E-state index in [1.54, 1.807) is 19.5 Å². The van der Waals surface area contributed by atoms with Crippen LogP contribution < -0.4 is 5.32 Å². The Morgan fingerprint density at radius 2 is 2.39 bits per heavy atom. The van der Waals surface area contributed by atoms with Gasteiger partial charge in [0.2, 0.25) is 0 Å². The molecule has 2 heterocycles. The topological polar surface area (TPSA) is 64.9 Å². The van der Waals surface area contributed by atoms with Gasteiger partial charge in [-0.3, -0.25) is 4.68 Å². The molecule has 98 valence electrons. The molecule has 0 aliphatic heterocycles. The highest BCUT2D eigenvalue weighted by Crippen LogP contribution is 2.27. The van der Waals surface area contributed by atoms with E-state index < -0.39 is 0 Å². The highest BCUT2D eigenvalue weighted by molar-refractivity contribution is 6.99. The van der Waals surface area contributed by atoms with Crippen LogP contribution in [0.4, 0.5) is 0 Å². The van der Waals surface area contributed by atoms with Crippen molar-refractivity contribution in [1.82, 2.24) is 23.8 Å². The second-order valence-electron chi connectivity index (χ2n) is 3.65. The van der Waals surface area contributed by atoms with Gasteiger partial charge in [0, 0.05) is 7.11 Å². The third-order valence-electron chi connectivity index (χ3n) is 2.58. The minimum Gasteiger partial charge on any atom is -0.383 e. The molecule has 0 bridgehead atoms. The average Bonchev–Trinajstić information content (AvgIpc) is 3.00. The van der Waals surface area contributed by atoms with Gasteiger partial charge in [0.05, 0.1) is 59.7 Å². The van der Waals surface area contributed by atoms with Gasteiger partial charge in [-0.25, -0.2) is 0 Å². The van der Waals surface area contributed by atoms with E-state index in [9.17, 15) is 0 Å². The van der Waals surface area contributed by atoms with Crippen LogP contribution in [0.1, 0.15) is 17.4 Å². The largest absolute Gasteiger partial charge is 0.383 e. The highest BCUT2D eigenvalue weighted by atomic mass is 35.5. The quantitative estimate of drug-likeness (QED) is 0.869. The molecule has 0 amide bonds. The summed E-state index contributed by atoms with van der Waals surface area (Å²) in [6, 6.07) is -0.115. The van der Waals surface area contributed by atoms with Gasteiger partial charge in [-0.2, -0.15) is 13.8 Å². The van der Waals surface area contributed by atoms with Crippen molar-refractivity contribution >= 4 is 23.3 Å². The van der Waals surface area contributed by atoms with E-state index in [0.29, 0.717) is 18.2 Å². The second kappa shape index (κ2) is 6.24. The molecule has 8 heteroatoms. The molecule has 0 spiro atoms. The minimum absolute atomic E-state index is 0.115. The van der Waals surface area contributed by atoms with Crippen LogP contribution in [-0.2, 0) is 11.3 Å². The molecular formula is C10H14ClN5OS. The van der Waals surface area contributed by atoms with E-state index in [1.165, 1.54) is 11.7 Å². The summed E-state index contributed by atoms with van der Waals surface area (Å²) in [6.07, 6.45) is 3.37. The molecule has 2 rings (SSSR count). The van der Waals surface area contributed by atoms with E-state index in [1.807, 2.05) is 11.7 Å². The van der Waals surface area contributed by atoms with Crippen LogP contribution in [0.15, 0.2) is 12.4 Å². The first kappa shape index (κ1) is 13.4. The van der Waals surface area contributed by atoms with Gasteiger partial charge in [0.25, 0.3) is 0 Å². The van der Waals surface area contributed by atoms with Crippen LogP contribution >= 0.6 is 23.3 Å². The van der Waals surface area contributed by atoms with E-state index in [0.717, 1.165) is 11.4 Å². The van der Waals surface area contributed by atoms with Gasteiger partial charge in [-0.15, -0.1) is 0 Å². The molecule has 2 aromatic heterocycles. The van der Waals surface area contributed by atoms with Gasteiger partial charge in [-0.05, 0) is 7.05 Å². The number of ether oxygens (including phenoxy) is 1. The zero-order chi connectivity index (χ0) is 13.0. The van der Waals surface area contributed by atoms with Crippen LogP contribution in [0, 0.1) is 0 Å². The predicted molar refractivity (Wildman–Crippen MR) is 69.9 cm³/mol. The number of halogens is 1. The maximum atomic E-state index is 6.21. The Morgan fingerprint density at radius 1 is 1.56 bits per heavy atom. The number of nitrogens with zero attached hydrogens (tertiary/aromatic N) is 4. The van der Waals surface area contributed by atoms with Gasteiger partial charge >= 0.3 is 0 Å². The second-order valence-corrected chi connectivity index (χ2v) is 4.61. The molecule has 1 atom stereocenters. The van der Waals surface area contributed by atoms with Crippen LogP contribution in [0.25, 0.3) is 0 Å². The summed E-state index contributed by atoms with van der Waals surface area (Å²) in [5, 5.41) is 8.04. The van der Waals surface area contributed by atoms with Crippen molar-refractivity contribution in [1.29, 1.82) is 0 Å². The van der Waals surface area contributed by atoms with Gasteiger partial charge in [-0.1, -0.05) is 11.6 Å². The monoisotopic (exact) mass is 287 g/mol. The summed E-state index contributed by atoms with van der Waals surface area (Å²) in [5.74, 6) is 0. The van der Waals surface area contributed by atoms with Crippen molar-refractivity contribution in [2.45, 2.75) is 12.6 Å². The summed E-state index contributed by atoms with van der Waals surface area (Å²) >= 11 is 7.38. The molecular weight excluding hydrogens is 274 g/mol.